The van der Waals surface area contributed by atoms with E-state index in [1.54, 1.807) is 6.33 Å². The van der Waals surface area contributed by atoms with Crippen molar-refractivity contribution in [1.29, 1.82) is 0 Å². The summed E-state index contributed by atoms with van der Waals surface area (Å²) < 4.78 is 0. The summed E-state index contributed by atoms with van der Waals surface area (Å²) in [5.41, 5.74) is 1.13. The average Bonchev–Trinajstić information content (AvgIpc) is 2.67. The first kappa shape index (κ1) is 8.44. The van der Waals surface area contributed by atoms with E-state index in [-0.39, 0.29) is 0 Å². The van der Waals surface area contributed by atoms with E-state index in [1.807, 2.05) is 19.4 Å². The van der Waals surface area contributed by atoms with Crippen LogP contribution in [-0.2, 0) is 0 Å². The SMILES string of the molecule is CNC1CCN(c2cncnc2)C1. The van der Waals surface area contributed by atoms with E-state index in [2.05, 4.69) is 20.2 Å². The number of aromatic nitrogens is 2. The molecule has 70 valence electrons. The molecule has 0 spiro atoms. The van der Waals surface area contributed by atoms with Crippen LogP contribution in [0.5, 0.6) is 0 Å². The van der Waals surface area contributed by atoms with Gasteiger partial charge in [0.1, 0.15) is 6.33 Å². The van der Waals surface area contributed by atoms with Crippen molar-refractivity contribution in [3.63, 3.8) is 0 Å². The van der Waals surface area contributed by atoms with Crippen LogP contribution in [0.25, 0.3) is 0 Å². The van der Waals surface area contributed by atoms with Gasteiger partial charge in [0.05, 0.1) is 18.1 Å². The monoisotopic (exact) mass is 178 g/mol. The van der Waals surface area contributed by atoms with Crippen LogP contribution in [0.1, 0.15) is 6.42 Å². The normalized spacial score (nSPS) is 22.2. The summed E-state index contributed by atoms with van der Waals surface area (Å²) in [7, 11) is 2.01. The van der Waals surface area contributed by atoms with Crippen molar-refractivity contribution in [3.8, 4) is 0 Å². The van der Waals surface area contributed by atoms with E-state index in [9.17, 15) is 0 Å². The van der Waals surface area contributed by atoms with Crippen molar-refractivity contribution in [2.75, 3.05) is 25.0 Å². The summed E-state index contributed by atoms with van der Waals surface area (Å²) in [6.45, 7) is 2.16. The Hall–Kier alpha value is -1.16. The highest BCUT2D eigenvalue weighted by Crippen LogP contribution is 2.17. The van der Waals surface area contributed by atoms with Gasteiger partial charge in [-0.05, 0) is 13.5 Å². The maximum atomic E-state index is 4.01. The molecule has 0 bridgehead atoms. The first-order valence-corrected chi connectivity index (χ1v) is 4.57. The minimum absolute atomic E-state index is 0.611. The molecular weight excluding hydrogens is 164 g/mol. The fourth-order valence-corrected chi connectivity index (χ4v) is 1.68. The molecule has 1 atom stereocenters. The second-order valence-corrected chi connectivity index (χ2v) is 3.32. The van der Waals surface area contributed by atoms with Gasteiger partial charge in [0.15, 0.2) is 0 Å². The minimum atomic E-state index is 0.611. The van der Waals surface area contributed by atoms with E-state index in [4.69, 9.17) is 0 Å². The summed E-state index contributed by atoms with van der Waals surface area (Å²) in [5.74, 6) is 0. The molecule has 2 rings (SSSR count). The smallest absolute Gasteiger partial charge is 0.115 e. The van der Waals surface area contributed by atoms with Crippen molar-refractivity contribution in [2.45, 2.75) is 12.5 Å². The molecule has 1 aliphatic rings. The molecule has 13 heavy (non-hydrogen) atoms. The first-order chi connectivity index (χ1) is 6.40. The van der Waals surface area contributed by atoms with Crippen LogP contribution >= 0.6 is 0 Å². The molecule has 0 radical (unpaired) electrons. The highest BCUT2D eigenvalue weighted by atomic mass is 15.2. The maximum Gasteiger partial charge on any atom is 0.115 e. The molecule has 0 saturated carbocycles. The minimum Gasteiger partial charge on any atom is -0.367 e. The molecule has 0 aromatic carbocycles. The third kappa shape index (κ3) is 1.78. The van der Waals surface area contributed by atoms with Gasteiger partial charge in [0, 0.05) is 19.1 Å². The van der Waals surface area contributed by atoms with E-state index >= 15 is 0 Å². The predicted molar refractivity (Wildman–Crippen MR) is 51.7 cm³/mol. The lowest BCUT2D eigenvalue weighted by molar-refractivity contribution is 0.617. The van der Waals surface area contributed by atoms with Gasteiger partial charge >= 0.3 is 0 Å². The molecule has 1 aliphatic heterocycles. The van der Waals surface area contributed by atoms with Crippen LogP contribution in [0.3, 0.4) is 0 Å². The second-order valence-electron chi connectivity index (χ2n) is 3.32. The highest BCUT2D eigenvalue weighted by molar-refractivity contribution is 5.42. The molecular formula is C9H14N4. The van der Waals surface area contributed by atoms with E-state index in [0.717, 1.165) is 18.8 Å². The van der Waals surface area contributed by atoms with Gasteiger partial charge in [-0.3, -0.25) is 0 Å². The third-order valence-electron chi connectivity index (χ3n) is 2.51. The number of hydrogen-bond donors (Lipinski definition) is 1. The van der Waals surface area contributed by atoms with Gasteiger partial charge in [-0.15, -0.1) is 0 Å². The van der Waals surface area contributed by atoms with Crippen LogP contribution in [0.15, 0.2) is 18.7 Å². The Kier molecular flexibility index (Phi) is 2.40. The van der Waals surface area contributed by atoms with Crippen LogP contribution in [0.2, 0.25) is 0 Å². The van der Waals surface area contributed by atoms with Crippen LogP contribution in [-0.4, -0.2) is 36.1 Å². The standard InChI is InChI=1S/C9H14N4/c1-10-8-2-3-13(6-8)9-4-11-7-12-5-9/h4-5,7-8,10H,2-3,6H2,1H3. The lowest BCUT2D eigenvalue weighted by atomic mass is 10.3. The van der Waals surface area contributed by atoms with Crippen LogP contribution < -0.4 is 10.2 Å². The van der Waals surface area contributed by atoms with Gasteiger partial charge in [-0.2, -0.15) is 0 Å². The molecule has 1 aromatic rings. The summed E-state index contributed by atoms with van der Waals surface area (Å²) in [5, 5.41) is 3.28. The molecule has 1 saturated heterocycles. The van der Waals surface area contributed by atoms with E-state index < -0.39 is 0 Å². The van der Waals surface area contributed by atoms with E-state index in [0.29, 0.717) is 6.04 Å². The third-order valence-corrected chi connectivity index (χ3v) is 2.51. The number of nitrogens with zero attached hydrogens (tertiary/aromatic N) is 3. The first-order valence-electron chi connectivity index (χ1n) is 4.57. The van der Waals surface area contributed by atoms with Crippen molar-refractivity contribution in [1.82, 2.24) is 15.3 Å². The van der Waals surface area contributed by atoms with Gasteiger partial charge in [0.25, 0.3) is 0 Å². The molecule has 1 fully saturated rings. The number of nitrogens with one attached hydrogen (secondary N) is 1. The van der Waals surface area contributed by atoms with Gasteiger partial charge < -0.3 is 10.2 Å². The summed E-state index contributed by atoms with van der Waals surface area (Å²) in [6, 6.07) is 0.611. The predicted octanol–water partition coefficient (Wildman–Crippen LogP) is 0.275. The van der Waals surface area contributed by atoms with Crippen molar-refractivity contribution in [3.05, 3.63) is 18.7 Å². The fraction of sp³-hybridized carbons (Fsp3) is 0.556. The Morgan fingerprint density at radius 3 is 2.85 bits per heavy atom. The van der Waals surface area contributed by atoms with Crippen molar-refractivity contribution in [2.24, 2.45) is 0 Å². The number of likely N-dealkylation sites (N-methyl/N-ethyl adjacent to an activating group) is 1. The molecule has 1 unspecified atom stereocenters. The number of anilines is 1. The molecule has 4 heteroatoms. The average molecular weight is 178 g/mol. The molecule has 1 aromatic heterocycles. The number of hydrogen-bond acceptors (Lipinski definition) is 4. The fourth-order valence-electron chi connectivity index (χ4n) is 1.68. The summed E-state index contributed by atoms with van der Waals surface area (Å²) >= 11 is 0. The Morgan fingerprint density at radius 1 is 1.46 bits per heavy atom. The van der Waals surface area contributed by atoms with E-state index in [1.165, 1.54) is 6.42 Å². The topological polar surface area (TPSA) is 41.0 Å². The van der Waals surface area contributed by atoms with Gasteiger partial charge in [-0.25, -0.2) is 9.97 Å². The van der Waals surface area contributed by atoms with Gasteiger partial charge in [-0.1, -0.05) is 0 Å². The zero-order chi connectivity index (χ0) is 9.10. The maximum absolute atomic E-state index is 4.01. The Bertz CT molecular complexity index is 262. The highest BCUT2D eigenvalue weighted by Gasteiger charge is 2.20. The second kappa shape index (κ2) is 3.70. The lowest BCUT2D eigenvalue weighted by Crippen LogP contribution is -2.29. The van der Waals surface area contributed by atoms with Gasteiger partial charge in [0.2, 0.25) is 0 Å². The molecule has 2 heterocycles. The zero-order valence-corrected chi connectivity index (χ0v) is 7.77. The van der Waals surface area contributed by atoms with Crippen molar-refractivity contribution < 1.29 is 0 Å². The Labute approximate surface area is 78.0 Å². The summed E-state index contributed by atoms with van der Waals surface area (Å²) in [6.07, 6.45) is 6.50. The zero-order valence-electron chi connectivity index (χ0n) is 7.77. The summed E-state index contributed by atoms with van der Waals surface area (Å²) in [4.78, 5) is 10.3. The molecule has 4 nitrogen and oxygen atoms in total. The molecule has 1 N–H and O–H groups in total. The van der Waals surface area contributed by atoms with Crippen LogP contribution in [0.4, 0.5) is 5.69 Å². The molecule has 0 aliphatic carbocycles. The quantitative estimate of drug-likeness (QED) is 0.706. The lowest BCUT2D eigenvalue weighted by Gasteiger charge is -2.16. The Balaban J connectivity index is 2.04. The van der Waals surface area contributed by atoms with Crippen LogP contribution in [0, 0.1) is 0 Å². The Morgan fingerprint density at radius 2 is 2.23 bits per heavy atom. The van der Waals surface area contributed by atoms with Crippen molar-refractivity contribution >= 4 is 5.69 Å². The number of rotatable bonds is 2. The largest absolute Gasteiger partial charge is 0.367 e. The molecule has 0 amide bonds.